The number of aliphatic imine (C=N–C) groups is 1. The summed E-state index contributed by atoms with van der Waals surface area (Å²) in [5.41, 5.74) is 1.32. The Hall–Kier alpha value is -1.39. The predicted octanol–water partition coefficient (Wildman–Crippen LogP) is 2.23. The molecule has 31 heavy (non-hydrogen) atoms. The number of hydrogen-bond donors (Lipinski definition) is 2. The summed E-state index contributed by atoms with van der Waals surface area (Å²) >= 11 is 0. The van der Waals surface area contributed by atoms with Crippen molar-refractivity contribution in [3.8, 4) is 0 Å². The molecule has 1 unspecified atom stereocenters. The van der Waals surface area contributed by atoms with Gasteiger partial charge in [0.05, 0.1) is 13.1 Å². The summed E-state index contributed by atoms with van der Waals surface area (Å²) in [4.78, 5) is 23.0. The van der Waals surface area contributed by atoms with E-state index in [-0.39, 0.29) is 29.9 Å². The molecule has 0 spiro atoms. The maximum Gasteiger partial charge on any atom is 0.236 e. The summed E-state index contributed by atoms with van der Waals surface area (Å²) in [6.07, 6.45) is 2.04. The Morgan fingerprint density at radius 3 is 2.42 bits per heavy atom. The fourth-order valence-corrected chi connectivity index (χ4v) is 3.47. The number of nitrogens with one attached hydrogen (secondary N) is 2. The molecule has 2 rings (SSSR count). The third-order valence-electron chi connectivity index (χ3n) is 5.67. The van der Waals surface area contributed by atoms with Gasteiger partial charge < -0.3 is 15.5 Å². The first-order chi connectivity index (χ1) is 14.4. The van der Waals surface area contributed by atoms with Gasteiger partial charge in [-0.15, -0.1) is 24.0 Å². The van der Waals surface area contributed by atoms with Crippen molar-refractivity contribution in [2.45, 2.75) is 45.3 Å². The minimum atomic E-state index is 0. The van der Waals surface area contributed by atoms with Gasteiger partial charge in [0.2, 0.25) is 5.91 Å². The number of benzene rings is 1. The van der Waals surface area contributed by atoms with E-state index in [0.717, 1.165) is 51.5 Å². The van der Waals surface area contributed by atoms with Crippen molar-refractivity contribution < 1.29 is 4.79 Å². The van der Waals surface area contributed by atoms with Crippen LogP contribution in [-0.2, 0) is 11.3 Å². The fraction of sp³-hybridized carbons (Fsp3) is 0.652. The van der Waals surface area contributed by atoms with Crippen molar-refractivity contribution in [3.05, 3.63) is 35.9 Å². The smallest absolute Gasteiger partial charge is 0.236 e. The van der Waals surface area contributed by atoms with Gasteiger partial charge in [-0.2, -0.15) is 0 Å². The topological polar surface area (TPSA) is 63.2 Å². The van der Waals surface area contributed by atoms with Crippen LogP contribution in [-0.4, -0.2) is 92.5 Å². The van der Waals surface area contributed by atoms with Gasteiger partial charge in [-0.3, -0.25) is 19.6 Å². The van der Waals surface area contributed by atoms with E-state index in [9.17, 15) is 4.79 Å². The Kier molecular flexibility index (Phi) is 13.0. The molecule has 176 valence electrons. The molecule has 2 N–H and O–H groups in total. The first-order valence-electron chi connectivity index (χ1n) is 11.1. The van der Waals surface area contributed by atoms with Crippen LogP contribution in [0.2, 0.25) is 0 Å². The molecule has 1 aliphatic heterocycles. The molecule has 0 radical (unpaired) electrons. The Labute approximate surface area is 205 Å². The van der Waals surface area contributed by atoms with Gasteiger partial charge in [-0.25, -0.2) is 0 Å². The lowest BCUT2D eigenvalue weighted by molar-refractivity contribution is -0.130. The second-order valence-corrected chi connectivity index (χ2v) is 8.45. The van der Waals surface area contributed by atoms with Crippen molar-refractivity contribution >= 4 is 35.8 Å². The third-order valence-corrected chi connectivity index (χ3v) is 5.67. The molecule has 8 heteroatoms. The molecule has 1 aromatic carbocycles. The molecular weight excluding hydrogens is 503 g/mol. The largest absolute Gasteiger partial charge is 0.357 e. The number of halogens is 1. The lowest BCUT2D eigenvalue weighted by Crippen LogP contribution is -2.50. The van der Waals surface area contributed by atoms with E-state index in [0.29, 0.717) is 18.6 Å². The minimum Gasteiger partial charge on any atom is -0.357 e. The van der Waals surface area contributed by atoms with Crippen LogP contribution in [0, 0.1) is 0 Å². The van der Waals surface area contributed by atoms with E-state index in [1.165, 1.54) is 5.56 Å². The van der Waals surface area contributed by atoms with Crippen LogP contribution in [0.25, 0.3) is 0 Å². The molecule has 0 aromatic heterocycles. The second kappa shape index (κ2) is 14.6. The highest BCUT2D eigenvalue weighted by molar-refractivity contribution is 14.0. The van der Waals surface area contributed by atoms with Gasteiger partial charge in [0.15, 0.2) is 5.96 Å². The van der Waals surface area contributed by atoms with E-state index in [1.54, 1.807) is 4.90 Å². The standard InChI is InChI=1S/C23H40N6O.HI/c1-6-24-23(25-16-19(2)28(5)17-20-10-8-7-9-11-20)26-21-12-14-29(15-13-21)18-22(30)27(3)4;/h7-11,19,21H,6,12-18H2,1-5H3,(H2,24,25,26);1H. The van der Waals surface area contributed by atoms with Crippen LogP contribution in [0.5, 0.6) is 0 Å². The Morgan fingerprint density at radius 2 is 1.84 bits per heavy atom. The normalized spacial score (nSPS) is 16.5. The van der Waals surface area contributed by atoms with Crippen molar-refractivity contribution in [1.82, 2.24) is 25.3 Å². The molecule has 0 saturated carbocycles. The van der Waals surface area contributed by atoms with Gasteiger partial charge in [-0.05, 0) is 39.3 Å². The summed E-state index contributed by atoms with van der Waals surface area (Å²) in [5.74, 6) is 1.06. The maximum absolute atomic E-state index is 11.9. The third kappa shape index (κ3) is 10.2. The quantitative estimate of drug-likeness (QED) is 0.284. The first-order valence-corrected chi connectivity index (χ1v) is 11.1. The molecule has 1 amide bonds. The van der Waals surface area contributed by atoms with Crippen LogP contribution < -0.4 is 10.6 Å². The first kappa shape index (κ1) is 27.6. The summed E-state index contributed by atoms with van der Waals surface area (Å²) in [7, 11) is 5.78. The van der Waals surface area contributed by atoms with Crippen LogP contribution in [0.4, 0.5) is 0 Å². The Balaban J connectivity index is 0.00000480. The highest BCUT2D eigenvalue weighted by Gasteiger charge is 2.22. The number of amides is 1. The van der Waals surface area contributed by atoms with Gasteiger partial charge in [0.25, 0.3) is 0 Å². The lowest BCUT2D eigenvalue weighted by Gasteiger charge is -2.33. The number of likely N-dealkylation sites (N-methyl/N-ethyl adjacent to an activating group) is 2. The number of piperidine rings is 1. The molecule has 0 aliphatic carbocycles. The number of carbonyl (C=O) groups is 1. The van der Waals surface area contributed by atoms with E-state index in [4.69, 9.17) is 4.99 Å². The highest BCUT2D eigenvalue weighted by atomic mass is 127. The zero-order valence-corrected chi connectivity index (χ0v) is 22.1. The van der Waals surface area contributed by atoms with E-state index >= 15 is 0 Å². The Bertz CT molecular complexity index is 661. The van der Waals surface area contributed by atoms with Crippen molar-refractivity contribution in [2.24, 2.45) is 4.99 Å². The van der Waals surface area contributed by atoms with E-state index in [2.05, 4.69) is 71.7 Å². The van der Waals surface area contributed by atoms with Crippen molar-refractivity contribution in [1.29, 1.82) is 0 Å². The highest BCUT2D eigenvalue weighted by Crippen LogP contribution is 2.11. The maximum atomic E-state index is 11.9. The van der Waals surface area contributed by atoms with E-state index in [1.807, 2.05) is 14.1 Å². The summed E-state index contributed by atoms with van der Waals surface area (Å²) in [6, 6.07) is 11.3. The SMILES string of the molecule is CCNC(=NCC(C)N(C)Cc1ccccc1)NC1CCN(CC(=O)N(C)C)CC1.I. The van der Waals surface area contributed by atoms with Crippen molar-refractivity contribution in [3.63, 3.8) is 0 Å². The molecule has 1 aliphatic rings. The number of hydrogen-bond acceptors (Lipinski definition) is 4. The lowest BCUT2D eigenvalue weighted by atomic mass is 10.1. The number of carbonyl (C=O) groups excluding carboxylic acids is 1. The van der Waals surface area contributed by atoms with Crippen LogP contribution in [0.15, 0.2) is 35.3 Å². The molecule has 1 aromatic rings. The molecule has 1 saturated heterocycles. The molecule has 1 fully saturated rings. The molecule has 7 nitrogen and oxygen atoms in total. The Morgan fingerprint density at radius 1 is 1.19 bits per heavy atom. The second-order valence-electron chi connectivity index (χ2n) is 8.45. The summed E-state index contributed by atoms with van der Waals surface area (Å²) < 4.78 is 0. The van der Waals surface area contributed by atoms with Crippen LogP contribution in [0.1, 0.15) is 32.3 Å². The minimum absolute atomic E-state index is 0. The molecule has 1 heterocycles. The van der Waals surface area contributed by atoms with Gasteiger partial charge >= 0.3 is 0 Å². The molecule has 1 atom stereocenters. The van der Waals surface area contributed by atoms with Crippen LogP contribution in [0.3, 0.4) is 0 Å². The van der Waals surface area contributed by atoms with Gasteiger partial charge in [0, 0.05) is 52.4 Å². The van der Waals surface area contributed by atoms with Crippen LogP contribution >= 0.6 is 24.0 Å². The predicted molar refractivity (Wildman–Crippen MR) is 140 cm³/mol. The summed E-state index contributed by atoms with van der Waals surface area (Å²) in [6.45, 7) is 9.21. The van der Waals surface area contributed by atoms with Crippen molar-refractivity contribution in [2.75, 3.05) is 53.9 Å². The molecule has 0 bridgehead atoms. The van der Waals surface area contributed by atoms with Gasteiger partial charge in [0.1, 0.15) is 0 Å². The number of likely N-dealkylation sites (tertiary alicyclic amines) is 1. The number of rotatable bonds is 9. The average molecular weight is 545 g/mol. The zero-order chi connectivity index (χ0) is 21.9. The fourth-order valence-electron chi connectivity index (χ4n) is 3.47. The van der Waals surface area contributed by atoms with E-state index < -0.39 is 0 Å². The molecular formula is C23H41IN6O. The zero-order valence-electron chi connectivity index (χ0n) is 19.8. The average Bonchev–Trinajstić information content (AvgIpc) is 2.73. The monoisotopic (exact) mass is 544 g/mol. The van der Waals surface area contributed by atoms with Gasteiger partial charge in [-0.1, -0.05) is 30.3 Å². The number of nitrogens with zero attached hydrogens (tertiary/aromatic N) is 4. The summed E-state index contributed by atoms with van der Waals surface area (Å²) in [5, 5.41) is 6.97. The number of guanidine groups is 1.